The second-order valence-corrected chi connectivity index (χ2v) is 8.76. The van der Waals surface area contributed by atoms with Gasteiger partial charge in [0.25, 0.3) is 0 Å². The van der Waals surface area contributed by atoms with Crippen LogP contribution in [-0.2, 0) is 11.2 Å². The molecule has 0 unspecified atom stereocenters. The first-order valence-corrected chi connectivity index (χ1v) is 12.0. The minimum absolute atomic E-state index is 0.0759. The standard InChI is InChI=1S/C25H23N3O3S2/c1-4-12-28(25-27-20(16-33-25)17-8-6-5-7-9-17)23(29)14-19-15-32-24(26-19)18-10-11-21(30-2)22(13-18)31-3/h4-11,13,15-16H,1,12,14H2,2-3H3. The molecule has 0 aliphatic carbocycles. The Morgan fingerprint density at radius 3 is 2.52 bits per heavy atom. The second-order valence-electron chi connectivity index (χ2n) is 7.06. The molecule has 4 rings (SSSR count). The Labute approximate surface area is 200 Å². The lowest BCUT2D eigenvalue weighted by atomic mass is 10.2. The summed E-state index contributed by atoms with van der Waals surface area (Å²) in [7, 11) is 3.20. The van der Waals surface area contributed by atoms with E-state index in [-0.39, 0.29) is 12.3 Å². The van der Waals surface area contributed by atoms with Crippen LogP contribution < -0.4 is 14.4 Å². The van der Waals surface area contributed by atoms with Gasteiger partial charge in [0, 0.05) is 28.4 Å². The van der Waals surface area contributed by atoms with E-state index in [1.807, 2.05) is 59.3 Å². The van der Waals surface area contributed by atoms with Gasteiger partial charge in [0.15, 0.2) is 16.6 Å². The van der Waals surface area contributed by atoms with Crippen LogP contribution in [0.3, 0.4) is 0 Å². The van der Waals surface area contributed by atoms with Crippen molar-refractivity contribution in [2.24, 2.45) is 0 Å². The lowest BCUT2D eigenvalue weighted by Crippen LogP contribution is -2.32. The van der Waals surface area contributed by atoms with Gasteiger partial charge in [-0.25, -0.2) is 9.97 Å². The summed E-state index contributed by atoms with van der Waals surface area (Å²) in [5.74, 6) is 1.22. The Kier molecular flexibility index (Phi) is 7.16. The number of methoxy groups -OCH3 is 2. The van der Waals surface area contributed by atoms with Crippen molar-refractivity contribution in [2.45, 2.75) is 6.42 Å². The number of thiazole rings is 2. The highest BCUT2D eigenvalue weighted by Gasteiger charge is 2.20. The SMILES string of the molecule is C=CCN(C(=O)Cc1csc(-c2ccc(OC)c(OC)c2)n1)c1nc(-c2ccccc2)cs1. The van der Waals surface area contributed by atoms with Crippen molar-refractivity contribution in [1.82, 2.24) is 9.97 Å². The molecule has 0 bridgehead atoms. The van der Waals surface area contributed by atoms with Crippen molar-refractivity contribution in [2.75, 3.05) is 25.7 Å². The lowest BCUT2D eigenvalue weighted by Gasteiger charge is -2.17. The van der Waals surface area contributed by atoms with Crippen LogP contribution in [0, 0.1) is 0 Å². The molecule has 1 amide bonds. The van der Waals surface area contributed by atoms with E-state index >= 15 is 0 Å². The number of carbonyl (C=O) groups is 1. The van der Waals surface area contributed by atoms with Gasteiger partial charge in [-0.05, 0) is 18.2 Å². The summed E-state index contributed by atoms with van der Waals surface area (Å²) in [6.45, 7) is 4.18. The molecule has 0 atom stereocenters. The van der Waals surface area contributed by atoms with Gasteiger partial charge >= 0.3 is 0 Å². The number of hydrogen-bond donors (Lipinski definition) is 0. The van der Waals surface area contributed by atoms with Crippen LogP contribution in [0.1, 0.15) is 5.69 Å². The zero-order chi connectivity index (χ0) is 23.2. The molecular weight excluding hydrogens is 454 g/mol. The van der Waals surface area contributed by atoms with E-state index in [1.165, 1.54) is 22.7 Å². The van der Waals surface area contributed by atoms with E-state index in [1.54, 1.807) is 25.2 Å². The highest BCUT2D eigenvalue weighted by atomic mass is 32.1. The molecular formula is C25H23N3O3S2. The van der Waals surface area contributed by atoms with Crippen molar-refractivity contribution in [1.29, 1.82) is 0 Å². The van der Waals surface area contributed by atoms with Gasteiger partial charge < -0.3 is 9.47 Å². The van der Waals surface area contributed by atoms with Gasteiger partial charge in [-0.15, -0.1) is 29.3 Å². The predicted octanol–water partition coefficient (Wildman–Crippen LogP) is 5.71. The first kappa shape index (κ1) is 22.7. The smallest absolute Gasteiger partial charge is 0.235 e. The quantitative estimate of drug-likeness (QED) is 0.289. The molecule has 2 heterocycles. The molecule has 33 heavy (non-hydrogen) atoms. The summed E-state index contributed by atoms with van der Waals surface area (Å²) < 4.78 is 10.7. The molecule has 0 saturated heterocycles. The summed E-state index contributed by atoms with van der Waals surface area (Å²) in [5, 5.41) is 5.34. The molecule has 0 aliphatic heterocycles. The van der Waals surface area contributed by atoms with E-state index in [4.69, 9.17) is 9.47 Å². The van der Waals surface area contributed by atoms with Crippen LogP contribution in [0.2, 0.25) is 0 Å². The van der Waals surface area contributed by atoms with E-state index in [0.717, 1.165) is 21.8 Å². The van der Waals surface area contributed by atoms with Gasteiger partial charge in [-0.3, -0.25) is 9.69 Å². The zero-order valence-corrected chi connectivity index (χ0v) is 20.0. The average Bonchev–Trinajstić information content (AvgIpc) is 3.53. The summed E-state index contributed by atoms with van der Waals surface area (Å²) in [5.41, 5.74) is 3.49. The van der Waals surface area contributed by atoms with Crippen LogP contribution in [0.15, 0.2) is 71.9 Å². The Morgan fingerprint density at radius 1 is 1.00 bits per heavy atom. The van der Waals surface area contributed by atoms with Crippen molar-refractivity contribution in [3.63, 3.8) is 0 Å². The van der Waals surface area contributed by atoms with Crippen molar-refractivity contribution in [3.8, 4) is 33.3 Å². The Hall–Kier alpha value is -3.49. The van der Waals surface area contributed by atoms with Crippen LogP contribution in [0.4, 0.5) is 5.13 Å². The minimum Gasteiger partial charge on any atom is -0.493 e. The van der Waals surface area contributed by atoms with Crippen LogP contribution in [-0.4, -0.2) is 36.6 Å². The fourth-order valence-corrected chi connectivity index (χ4v) is 4.96. The first-order chi connectivity index (χ1) is 16.1. The maximum atomic E-state index is 13.2. The predicted molar refractivity (Wildman–Crippen MR) is 134 cm³/mol. The van der Waals surface area contributed by atoms with E-state index in [0.29, 0.717) is 28.9 Å². The molecule has 2 aromatic heterocycles. The maximum Gasteiger partial charge on any atom is 0.235 e. The lowest BCUT2D eigenvalue weighted by molar-refractivity contribution is -0.117. The highest BCUT2D eigenvalue weighted by Crippen LogP contribution is 2.34. The molecule has 0 saturated carbocycles. The Bertz CT molecular complexity index is 1250. The molecule has 0 spiro atoms. The van der Waals surface area contributed by atoms with Crippen molar-refractivity contribution >= 4 is 33.7 Å². The van der Waals surface area contributed by atoms with Gasteiger partial charge in [-0.1, -0.05) is 36.4 Å². The third-order valence-electron chi connectivity index (χ3n) is 4.92. The van der Waals surface area contributed by atoms with Crippen LogP contribution in [0.5, 0.6) is 11.5 Å². The number of nitrogens with zero attached hydrogens (tertiary/aromatic N) is 3. The van der Waals surface area contributed by atoms with Crippen molar-refractivity contribution < 1.29 is 14.3 Å². The zero-order valence-electron chi connectivity index (χ0n) is 18.4. The van der Waals surface area contributed by atoms with Crippen molar-refractivity contribution in [3.05, 3.63) is 77.6 Å². The molecule has 0 fully saturated rings. The Morgan fingerprint density at radius 2 is 1.79 bits per heavy atom. The molecule has 168 valence electrons. The first-order valence-electron chi connectivity index (χ1n) is 10.2. The van der Waals surface area contributed by atoms with Gasteiger partial charge in [0.2, 0.25) is 5.91 Å². The molecule has 4 aromatic rings. The van der Waals surface area contributed by atoms with Crippen LogP contribution in [0.25, 0.3) is 21.8 Å². The summed E-state index contributed by atoms with van der Waals surface area (Å²) in [6.07, 6.45) is 1.88. The average molecular weight is 478 g/mol. The van der Waals surface area contributed by atoms with Gasteiger partial charge in [0.05, 0.1) is 32.0 Å². The van der Waals surface area contributed by atoms with E-state index < -0.39 is 0 Å². The summed E-state index contributed by atoms with van der Waals surface area (Å²) in [6, 6.07) is 15.6. The summed E-state index contributed by atoms with van der Waals surface area (Å²) in [4.78, 5) is 24.2. The fourth-order valence-electron chi connectivity index (χ4n) is 3.29. The second kappa shape index (κ2) is 10.4. The summed E-state index contributed by atoms with van der Waals surface area (Å²) >= 11 is 2.93. The molecule has 0 radical (unpaired) electrons. The number of hydrogen-bond acceptors (Lipinski definition) is 7. The van der Waals surface area contributed by atoms with E-state index in [2.05, 4.69) is 16.5 Å². The van der Waals surface area contributed by atoms with Crippen LogP contribution >= 0.6 is 22.7 Å². The normalized spacial score (nSPS) is 10.6. The third kappa shape index (κ3) is 5.13. The maximum absolute atomic E-state index is 13.2. The molecule has 6 nitrogen and oxygen atoms in total. The third-order valence-corrected chi connectivity index (χ3v) is 6.72. The number of rotatable bonds is 9. The molecule has 8 heteroatoms. The fraction of sp³-hybridized carbons (Fsp3) is 0.160. The van der Waals surface area contributed by atoms with Gasteiger partial charge in [-0.2, -0.15) is 0 Å². The monoisotopic (exact) mass is 477 g/mol. The molecule has 0 N–H and O–H groups in total. The number of carbonyl (C=O) groups excluding carboxylic acids is 1. The number of anilines is 1. The minimum atomic E-state index is -0.0759. The number of ether oxygens (including phenoxy) is 2. The number of aromatic nitrogens is 2. The largest absolute Gasteiger partial charge is 0.493 e. The molecule has 0 aliphatic rings. The molecule has 2 aromatic carbocycles. The van der Waals surface area contributed by atoms with E-state index in [9.17, 15) is 4.79 Å². The van der Waals surface area contributed by atoms with Gasteiger partial charge in [0.1, 0.15) is 5.01 Å². The number of amides is 1. The number of benzene rings is 2. The topological polar surface area (TPSA) is 64.6 Å². The Balaban J connectivity index is 1.52. The highest BCUT2D eigenvalue weighted by molar-refractivity contribution is 7.14.